The lowest BCUT2D eigenvalue weighted by molar-refractivity contribution is -0.130. The molecular weight excluding hydrogens is 434 g/mol. The second kappa shape index (κ2) is 13.5. The number of hydrogen-bond donors (Lipinski definition) is 2. The molecule has 186 valence electrons. The summed E-state index contributed by atoms with van der Waals surface area (Å²) in [6.07, 6.45) is 1.52. The van der Waals surface area contributed by atoms with E-state index in [4.69, 9.17) is 9.47 Å². The number of ether oxygens (including phenoxy) is 2. The van der Waals surface area contributed by atoms with Crippen LogP contribution >= 0.6 is 0 Å². The first-order valence-corrected chi connectivity index (χ1v) is 11.5. The normalized spacial score (nSPS) is 10.9. The zero-order valence-corrected chi connectivity index (χ0v) is 21.1. The monoisotopic (exact) mass is 471 g/mol. The second-order valence-corrected chi connectivity index (χ2v) is 8.37. The number of methoxy groups -OCH3 is 1. The molecule has 2 rings (SSSR count). The zero-order chi connectivity index (χ0) is 25.1. The molecule has 0 saturated heterocycles. The molecule has 0 aliphatic rings. The van der Waals surface area contributed by atoms with E-state index in [1.165, 1.54) is 0 Å². The third-order valence-electron chi connectivity index (χ3n) is 5.02. The van der Waals surface area contributed by atoms with Crippen LogP contribution in [-0.4, -0.2) is 80.1 Å². The molecule has 1 aromatic carbocycles. The Labute approximate surface area is 202 Å². The Hall–Kier alpha value is -3.17. The summed E-state index contributed by atoms with van der Waals surface area (Å²) in [7, 11) is 5.51. The van der Waals surface area contributed by atoms with Gasteiger partial charge in [0.2, 0.25) is 5.91 Å². The van der Waals surface area contributed by atoms with Gasteiger partial charge in [0, 0.05) is 37.9 Å². The van der Waals surface area contributed by atoms with Gasteiger partial charge in [0.1, 0.15) is 17.2 Å². The highest BCUT2D eigenvalue weighted by molar-refractivity contribution is 6.06. The zero-order valence-electron chi connectivity index (χ0n) is 21.1. The second-order valence-electron chi connectivity index (χ2n) is 8.37. The summed E-state index contributed by atoms with van der Waals surface area (Å²) in [5.41, 5.74) is 1.58. The van der Waals surface area contributed by atoms with Gasteiger partial charge in [0.25, 0.3) is 5.91 Å². The van der Waals surface area contributed by atoms with E-state index in [2.05, 4.69) is 15.6 Å². The number of aromatic nitrogens is 1. The minimum absolute atomic E-state index is 0.0344. The van der Waals surface area contributed by atoms with Crippen molar-refractivity contribution in [2.24, 2.45) is 0 Å². The Balaban J connectivity index is 2.02. The predicted octanol–water partition coefficient (Wildman–Crippen LogP) is 2.63. The van der Waals surface area contributed by atoms with Gasteiger partial charge >= 0.3 is 0 Å². The Morgan fingerprint density at radius 2 is 1.85 bits per heavy atom. The van der Waals surface area contributed by atoms with E-state index in [0.717, 1.165) is 6.54 Å². The molecule has 0 aliphatic carbocycles. The smallest absolute Gasteiger partial charge is 0.255 e. The van der Waals surface area contributed by atoms with Crippen molar-refractivity contribution in [2.75, 3.05) is 52.7 Å². The van der Waals surface area contributed by atoms with E-state index in [9.17, 15) is 9.59 Å². The molecular formula is C25H37N5O4. The largest absolute Gasteiger partial charge is 0.494 e. The number of carbonyl (C=O) groups is 2. The van der Waals surface area contributed by atoms with E-state index < -0.39 is 0 Å². The summed E-state index contributed by atoms with van der Waals surface area (Å²) in [6, 6.07) is 8.70. The average Bonchev–Trinajstić information content (AvgIpc) is 2.80. The molecule has 1 heterocycles. The number of nitrogens with one attached hydrogen (secondary N) is 2. The summed E-state index contributed by atoms with van der Waals surface area (Å²) in [6.45, 7) is 8.53. The maximum absolute atomic E-state index is 13.0. The van der Waals surface area contributed by atoms with Crippen LogP contribution in [0.5, 0.6) is 11.5 Å². The number of anilines is 1. The van der Waals surface area contributed by atoms with Gasteiger partial charge in [-0.15, -0.1) is 0 Å². The van der Waals surface area contributed by atoms with Gasteiger partial charge in [0.15, 0.2) is 0 Å². The van der Waals surface area contributed by atoms with Crippen LogP contribution in [0.25, 0.3) is 0 Å². The third kappa shape index (κ3) is 8.31. The standard InChI is InChI=1S/C25H37N5O4/c1-7-30(14-13-29(4)5)23(31)17-26-16-20-15-19(11-12-27-20)25(32)28-24-21(33-6)9-8-10-22(24)34-18(2)3/h8-12,15,18,26H,7,13-14,16-17H2,1-6H3,(H,28,32). The number of para-hydroxylation sites is 1. The fourth-order valence-corrected chi connectivity index (χ4v) is 3.25. The van der Waals surface area contributed by atoms with E-state index >= 15 is 0 Å². The number of benzene rings is 1. The summed E-state index contributed by atoms with van der Waals surface area (Å²) >= 11 is 0. The van der Waals surface area contributed by atoms with Gasteiger partial charge in [0.05, 0.1) is 25.5 Å². The SMILES string of the molecule is CCN(CCN(C)C)C(=O)CNCc1cc(C(=O)Nc2c(OC)cccc2OC(C)C)ccn1. The van der Waals surface area contributed by atoms with Crippen LogP contribution < -0.4 is 20.1 Å². The Kier molecular flexibility index (Phi) is 10.8. The van der Waals surface area contributed by atoms with Gasteiger partial charge in [-0.25, -0.2) is 0 Å². The van der Waals surface area contributed by atoms with Gasteiger partial charge in [-0.3, -0.25) is 14.6 Å². The van der Waals surface area contributed by atoms with Crippen molar-refractivity contribution in [1.29, 1.82) is 0 Å². The van der Waals surface area contributed by atoms with Crippen LogP contribution in [0.1, 0.15) is 36.8 Å². The highest BCUT2D eigenvalue weighted by Gasteiger charge is 2.17. The highest BCUT2D eigenvalue weighted by Crippen LogP contribution is 2.35. The fourth-order valence-electron chi connectivity index (χ4n) is 3.25. The van der Waals surface area contributed by atoms with E-state index in [1.807, 2.05) is 50.7 Å². The fraction of sp³-hybridized carbons (Fsp3) is 0.480. The Bertz CT molecular complexity index is 949. The molecule has 0 unspecified atom stereocenters. The molecule has 1 aromatic heterocycles. The molecule has 0 radical (unpaired) electrons. The van der Waals surface area contributed by atoms with E-state index in [-0.39, 0.29) is 24.5 Å². The molecule has 0 atom stereocenters. The molecule has 0 spiro atoms. The van der Waals surface area contributed by atoms with Crippen molar-refractivity contribution in [1.82, 2.24) is 20.1 Å². The maximum Gasteiger partial charge on any atom is 0.255 e. The molecule has 9 heteroatoms. The molecule has 9 nitrogen and oxygen atoms in total. The molecule has 0 saturated carbocycles. The maximum atomic E-state index is 13.0. The highest BCUT2D eigenvalue weighted by atomic mass is 16.5. The quantitative estimate of drug-likeness (QED) is 0.464. The van der Waals surface area contributed by atoms with Crippen LogP contribution in [-0.2, 0) is 11.3 Å². The van der Waals surface area contributed by atoms with Crippen LogP contribution in [0.2, 0.25) is 0 Å². The summed E-state index contributed by atoms with van der Waals surface area (Å²) in [5, 5.41) is 6.03. The predicted molar refractivity (Wildman–Crippen MR) is 133 cm³/mol. The summed E-state index contributed by atoms with van der Waals surface area (Å²) < 4.78 is 11.2. The van der Waals surface area contributed by atoms with Crippen molar-refractivity contribution in [3.8, 4) is 11.5 Å². The topological polar surface area (TPSA) is 96.0 Å². The van der Waals surface area contributed by atoms with Crippen LogP contribution in [0.15, 0.2) is 36.5 Å². The number of likely N-dealkylation sites (N-methyl/N-ethyl adjacent to an activating group) is 2. The number of pyridine rings is 1. The van der Waals surface area contributed by atoms with Crippen molar-refractivity contribution >= 4 is 17.5 Å². The Morgan fingerprint density at radius 1 is 1.12 bits per heavy atom. The summed E-state index contributed by atoms with van der Waals surface area (Å²) in [4.78, 5) is 33.6. The molecule has 0 bridgehead atoms. The van der Waals surface area contributed by atoms with Crippen LogP contribution in [0, 0.1) is 0 Å². The third-order valence-corrected chi connectivity index (χ3v) is 5.02. The lowest BCUT2D eigenvalue weighted by Crippen LogP contribution is -2.41. The van der Waals surface area contributed by atoms with Gasteiger partial charge < -0.3 is 29.9 Å². The van der Waals surface area contributed by atoms with Crippen molar-refractivity contribution in [2.45, 2.75) is 33.4 Å². The lowest BCUT2D eigenvalue weighted by Gasteiger charge is -2.23. The first-order chi connectivity index (χ1) is 16.2. The van der Waals surface area contributed by atoms with Gasteiger partial charge in [-0.2, -0.15) is 0 Å². The first kappa shape index (κ1) is 27.1. The average molecular weight is 472 g/mol. The minimum Gasteiger partial charge on any atom is -0.494 e. The molecule has 2 N–H and O–H groups in total. The summed E-state index contributed by atoms with van der Waals surface area (Å²) in [5.74, 6) is 0.772. The van der Waals surface area contributed by atoms with Crippen molar-refractivity contribution < 1.29 is 19.1 Å². The minimum atomic E-state index is -0.307. The van der Waals surface area contributed by atoms with E-state index in [0.29, 0.717) is 48.1 Å². The molecule has 2 amide bonds. The van der Waals surface area contributed by atoms with Crippen LogP contribution in [0.3, 0.4) is 0 Å². The van der Waals surface area contributed by atoms with Gasteiger partial charge in [-0.05, 0) is 59.1 Å². The van der Waals surface area contributed by atoms with Crippen molar-refractivity contribution in [3.05, 3.63) is 47.8 Å². The number of carbonyl (C=O) groups excluding carboxylic acids is 2. The van der Waals surface area contributed by atoms with Gasteiger partial charge in [-0.1, -0.05) is 6.07 Å². The number of nitrogens with zero attached hydrogens (tertiary/aromatic N) is 3. The lowest BCUT2D eigenvalue weighted by atomic mass is 10.2. The number of amides is 2. The molecule has 2 aromatic rings. The van der Waals surface area contributed by atoms with Crippen molar-refractivity contribution in [3.63, 3.8) is 0 Å². The Morgan fingerprint density at radius 3 is 2.50 bits per heavy atom. The first-order valence-electron chi connectivity index (χ1n) is 11.5. The molecule has 0 aliphatic heterocycles. The van der Waals surface area contributed by atoms with E-state index in [1.54, 1.807) is 37.6 Å². The number of rotatable bonds is 13. The number of hydrogen-bond acceptors (Lipinski definition) is 7. The molecule has 34 heavy (non-hydrogen) atoms. The molecule has 0 fully saturated rings. The van der Waals surface area contributed by atoms with Crippen LogP contribution in [0.4, 0.5) is 5.69 Å².